The molecule has 1 heterocycles. The maximum Gasteiger partial charge on any atom is 0.139 e. The Balaban J connectivity index is 2.01. The first kappa shape index (κ1) is 12.5. The van der Waals surface area contributed by atoms with Crippen molar-refractivity contribution in [2.45, 2.75) is 25.3 Å². The molecule has 94 valence electrons. The smallest absolute Gasteiger partial charge is 0.139 e. The van der Waals surface area contributed by atoms with Crippen LogP contribution < -0.4 is 15.4 Å². The van der Waals surface area contributed by atoms with Gasteiger partial charge in [-0.05, 0) is 44.5 Å². The highest BCUT2D eigenvalue weighted by atomic mass is 35.5. The Kier molecular flexibility index (Phi) is 4.51. The summed E-state index contributed by atoms with van der Waals surface area (Å²) in [6.07, 6.45) is 3.59. The average molecular weight is 255 g/mol. The molecule has 1 aliphatic rings. The van der Waals surface area contributed by atoms with Crippen molar-refractivity contribution in [1.82, 2.24) is 5.32 Å². The number of hydrogen-bond donors (Lipinski definition) is 2. The molecule has 0 bridgehead atoms. The molecule has 2 N–H and O–H groups in total. The van der Waals surface area contributed by atoms with Crippen LogP contribution in [0.3, 0.4) is 0 Å². The van der Waals surface area contributed by atoms with Crippen LogP contribution in [0.4, 0.5) is 5.69 Å². The van der Waals surface area contributed by atoms with Crippen LogP contribution in [-0.2, 0) is 0 Å². The van der Waals surface area contributed by atoms with Crippen molar-refractivity contribution < 1.29 is 4.74 Å². The van der Waals surface area contributed by atoms with E-state index in [0.29, 0.717) is 11.1 Å². The molecule has 0 aromatic heterocycles. The molecule has 1 aromatic carbocycles. The SMILES string of the molecule is COc1cc(NC2CCCNCC2)ccc1Cl. The molecular weight excluding hydrogens is 236 g/mol. The Morgan fingerprint density at radius 3 is 3.06 bits per heavy atom. The number of benzene rings is 1. The van der Waals surface area contributed by atoms with E-state index in [1.165, 1.54) is 12.8 Å². The number of nitrogens with one attached hydrogen (secondary N) is 2. The van der Waals surface area contributed by atoms with Crippen LogP contribution in [0.15, 0.2) is 18.2 Å². The van der Waals surface area contributed by atoms with E-state index >= 15 is 0 Å². The predicted octanol–water partition coefficient (Wildman–Crippen LogP) is 2.90. The van der Waals surface area contributed by atoms with Gasteiger partial charge in [-0.3, -0.25) is 0 Å². The second kappa shape index (κ2) is 6.12. The highest BCUT2D eigenvalue weighted by Gasteiger charge is 2.12. The lowest BCUT2D eigenvalue weighted by Gasteiger charge is -2.18. The molecule has 2 rings (SSSR count). The Morgan fingerprint density at radius 1 is 1.35 bits per heavy atom. The Morgan fingerprint density at radius 2 is 2.24 bits per heavy atom. The first-order chi connectivity index (χ1) is 8.29. The van der Waals surface area contributed by atoms with Gasteiger partial charge in [-0.25, -0.2) is 0 Å². The molecular formula is C13H19ClN2O. The van der Waals surface area contributed by atoms with Crippen LogP contribution in [-0.4, -0.2) is 26.2 Å². The van der Waals surface area contributed by atoms with Crippen molar-refractivity contribution in [3.63, 3.8) is 0 Å². The Labute approximate surface area is 107 Å². The van der Waals surface area contributed by atoms with Crippen LogP contribution in [0.1, 0.15) is 19.3 Å². The lowest BCUT2D eigenvalue weighted by atomic mass is 10.1. The summed E-state index contributed by atoms with van der Waals surface area (Å²) in [5.41, 5.74) is 1.08. The second-order valence-electron chi connectivity index (χ2n) is 4.37. The molecule has 1 aromatic rings. The topological polar surface area (TPSA) is 33.3 Å². The van der Waals surface area contributed by atoms with Crippen molar-refractivity contribution in [3.8, 4) is 5.75 Å². The molecule has 1 fully saturated rings. The third-order valence-electron chi connectivity index (χ3n) is 3.10. The number of halogens is 1. The van der Waals surface area contributed by atoms with Gasteiger partial charge in [0, 0.05) is 17.8 Å². The maximum absolute atomic E-state index is 6.00. The maximum atomic E-state index is 6.00. The third-order valence-corrected chi connectivity index (χ3v) is 3.41. The zero-order valence-corrected chi connectivity index (χ0v) is 10.9. The zero-order chi connectivity index (χ0) is 12.1. The third kappa shape index (κ3) is 3.51. The summed E-state index contributed by atoms with van der Waals surface area (Å²) in [4.78, 5) is 0. The van der Waals surface area contributed by atoms with Crippen molar-refractivity contribution in [2.75, 3.05) is 25.5 Å². The van der Waals surface area contributed by atoms with E-state index in [0.717, 1.165) is 30.9 Å². The summed E-state index contributed by atoms with van der Waals surface area (Å²) in [5.74, 6) is 0.725. The highest BCUT2D eigenvalue weighted by molar-refractivity contribution is 6.32. The number of methoxy groups -OCH3 is 1. The van der Waals surface area contributed by atoms with E-state index in [1.807, 2.05) is 18.2 Å². The van der Waals surface area contributed by atoms with Crippen molar-refractivity contribution >= 4 is 17.3 Å². The van der Waals surface area contributed by atoms with Gasteiger partial charge < -0.3 is 15.4 Å². The van der Waals surface area contributed by atoms with Gasteiger partial charge in [0.15, 0.2) is 0 Å². The van der Waals surface area contributed by atoms with E-state index in [-0.39, 0.29) is 0 Å². The molecule has 0 aliphatic carbocycles. The van der Waals surface area contributed by atoms with Gasteiger partial charge in [-0.15, -0.1) is 0 Å². The van der Waals surface area contributed by atoms with E-state index in [1.54, 1.807) is 7.11 Å². The number of ether oxygens (including phenoxy) is 1. The minimum Gasteiger partial charge on any atom is -0.495 e. The van der Waals surface area contributed by atoms with Crippen molar-refractivity contribution in [2.24, 2.45) is 0 Å². The number of hydrogen-bond acceptors (Lipinski definition) is 3. The van der Waals surface area contributed by atoms with Gasteiger partial charge in [-0.2, -0.15) is 0 Å². The van der Waals surface area contributed by atoms with Crippen molar-refractivity contribution in [3.05, 3.63) is 23.2 Å². The molecule has 1 aliphatic heterocycles. The van der Waals surface area contributed by atoms with Gasteiger partial charge in [0.25, 0.3) is 0 Å². The normalized spacial score (nSPS) is 20.7. The van der Waals surface area contributed by atoms with Crippen LogP contribution in [0.25, 0.3) is 0 Å². The predicted molar refractivity (Wildman–Crippen MR) is 72.1 cm³/mol. The van der Waals surface area contributed by atoms with Gasteiger partial charge in [0.2, 0.25) is 0 Å². The summed E-state index contributed by atoms with van der Waals surface area (Å²) in [6, 6.07) is 6.37. The van der Waals surface area contributed by atoms with E-state index < -0.39 is 0 Å². The fraction of sp³-hybridized carbons (Fsp3) is 0.538. The molecule has 0 amide bonds. The fourth-order valence-corrected chi connectivity index (χ4v) is 2.34. The van der Waals surface area contributed by atoms with Crippen LogP contribution in [0.5, 0.6) is 5.75 Å². The van der Waals surface area contributed by atoms with Gasteiger partial charge in [0.05, 0.1) is 12.1 Å². The molecule has 1 unspecified atom stereocenters. The molecule has 0 spiro atoms. The Bertz CT molecular complexity index is 362. The first-order valence-corrected chi connectivity index (χ1v) is 6.48. The quantitative estimate of drug-likeness (QED) is 0.870. The molecule has 3 nitrogen and oxygen atoms in total. The minimum atomic E-state index is 0.538. The molecule has 17 heavy (non-hydrogen) atoms. The first-order valence-electron chi connectivity index (χ1n) is 6.10. The Hall–Kier alpha value is -0.930. The largest absolute Gasteiger partial charge is 0.495 e. The molecule has 4 heteroatoms. The summed E-state index contributed by atoms with van der Waals surface area (Å²) >= 11 is 6.00. The van der Waals surface area contributed by atoms with Crippen LogP contribution >= 0.6 is 11.6 Å². The summed E-state index contributed by atoms with van der Waals surface area (Å²) < 4.78 is 5.22. The molecule has 0 radical (unpaired) electrons. The van der Waals surface area contributed by atoms with E-state index in [9.17, 15) is 0 Å². The highest BCUT2D eigenvalue weighted by Crippen LogP contribution is 2.28. The lowest BCUT2D eigenvalue weighted by molar-refractivity contribution is 0.415. The van der Waals surface area contributed by atoms with Gasteiger partial charge in [0.1, 0.15) is 5.75 Å². The fourth-order valence-electron chi connectivity index (χ4n) is 2.15. The summed E-state index contributed by atoms with van der Waals surface area (Å²) in [6.45, 7) is 2.21. The van der Waals surface area contributed by atoms with Gasteiger partial charge in [-0.1, -0.05) is 11.6 Å². The summed E-state index contributed by atoms with van der Waals surface area (Å²) in [5, 5.41) is 7.61. The van der Waals surface area contributed by atoms with Crippen LogP contribution in [0.2, 0.25) is 5.02 Å². The number of anilines is 1. The average Bonchev–Trinajstić information content (AvgIpc) is 2.60. The van der Waals surface area contributed by atoms with E-state index in [4.69, 9.17) is 16.3 Å². The molecule has 0 saturated carbocycles. The van der Waals surface area contributed by atoms with Gasteiger partial charge >= 0.3 is 0 Å². The van der Waals surface area contributed by atoms with Crippen LogP contribution in [0, 0.1) is 0 Å². The monoisotopic (exact) mass is 254 g/mol. The molecule has 1 atom stereocenters. The summed E-state index contributed by atoms with van der Waals surface area (Å²) in [7, 11) is 1.64. The number of rotatable bonds is 3. The van der Waals surface area contributed by atoms with Crippen molar-refractivity contribution in [1.29, 1.82) is 0 Å². The second-order valence-corrected chi connectivity index (χ2v) is 4.78. The van der Waals surface area contributed by atoms with E-state index in [2.05, 4.69) is 10.6 Å². The zero-order valence-electron chi connectivity index (χ0n) is 10.1. The minimum absolute atomic E-state index is 0.538. The molecule has 1 saturated heterocycles. The lowest BCUT2D eigenvalue weighted by Crippen LogP contribution is -2.21. The standard InChI is InChI=1S/C13H19ClN2O/c1-17-13-9-11(4-5-12(13)14)16-10-3-2-7-15-8-6-10/h4-5,9-10,15-16H,2-3,6-8H2,1H3.